The van der Waals surface area contributed by atoms with Gasteiger partial charge >= 0.3 is 0 Å². The molecule has 2 amide bonds. The Morgan fingerprint density at radius 3 is 2.33 bits per heavy atom. The number of hydrazine groups is 1. The van der Waals surface area contributed by atoms with Crippen molar-refractivity contribution >= 4 is 34.2 Å². The summed E-state index contributed by atoms with van der Waals surface area (Å²) < 4.78 is 6.40. The van der Waals surface area contributed by atoms with Crippen molar-refractivity contribution in [1.29, 1.82) is 0 Å². The molecule has 0 aliphatic carbocycles. The lowest BCUT2D eigenvalue weighted by Crippen LogP contribution is -2.43. The van der Waals surface area contributed by atoms with Gasteiger partial charge in [0.05, 0.1) is 24.6 Å². The van der Waals surface area contributed by atoms with Crippen molar-refractivity contribution in [2.45, 2.75) is 6.54 Å². The molecule has 166 valence electrons. The van der Waals surface area contributed by atoms with Crippen LogP contribution < -0.4 is 21.1 Å². The zero-order chi connectivity index (χ0) is 23.4. The number of aromatic nitrogens is 2. The Bertz CT molecular complexity index is 1400. The van der Waals surface area contributed by atoms with Gasteiger partial charge in [-0.3, -0.25) is 25.2 Å². The summed E-state index contributed by atoms with van der Waals surface area (Å²) >= 11 is 5.98. The van der Waals surface area contributed by atoms with E-state index >= 15 is 0 Å². The normalized spacial score (nSPS) is 10.6. The maximum Gasteiger partial charge on any atom is 0.290 e. The zero-order valence-electron chi connectivity index (χ0n) is 17.5. The molecule has 0 radical (unpaired) electrons. The van der Waals surface area contributed by atoms with E-state index in [4.69, 9.17) is 16.3 Å². The molecule has 0 fully saturated rings. The number of benzene rings is 3. The smallest absolute Gasteiger partial charge is 0.290 e. The Balaban J connectivity index is 1.64. The fraction of sp³-hybridized carbons (Fsp3) is 0.0833. The van der Waals surface area contributed by atoms with Gasteiger partial charge in [0.25, 0.3) is 17.4 Å². The highest BCUT2D eigenvalue weighted by Gasteiger charge is 2.19. The largest absolute Gasteiger partial charge is 0.496 e. The third-order valence-corrected chi connectivity index (χ3v) is 5.19. The van der Waals surface area contributed by atoms with Crippen LogP contribution in [-0.2, 0) is 6.54 Å². The van der Waals surface area contributed by atoms with Crippen LogP contribution in [0.15, 0.2) is 77.6 Å². The van der Waals surface area contributed by atoms with Crippen molar-refractivity contribution < 1.29 is 14.3 Å². The molecule has 0 aliphatic rings. The lowest BCUT2D eigenvalue weighted by atomic mass is 10.1. The summed E-state index contributed by atoms with van der Waals surface area (Å²) in [7, 11) is 1.42. The molecule has 4 aromatic rings. The molecule has 33 heavy (non-hydrogen) atoms. The van der Waals surface area contributed by atoms with Crippen molar-refractivity contribution in [1.82, 2.24) is 20.6 Å². The number of nitrogens with one attached hydrogen (secondary N) is 2. The Kier molecular flexibility index (Phi) is 6.37. The van der Waals surface area contributed by atoms with Crippen LogP contribution in [0.1, 0.15) is 26.4 Å². The van der Waals surface area contributed by atoms with Gasteiger partial charge in [-0.05, 0) is 29.8 Å². The molecule has 0 spiro atoms. The van der Waals surface area contributed by atoms with Gasteiger partial charge < -0.3 is 4.74 Å². The molecule has 1 aromatic heterocycles. The van der Waals surface area contributed by atoms with Crippen LogP contribution in [0, 0.1) is 0 Å². The minimum absolute atomic E-state index is 0.000472. The van der Waals surface area contributed by atoms with Gasteiger partial charge in [0, 0.05) is 10.4 Å². The minimum Gasteiger partial charge on any atom is -0.496 e. The van der Waals surface area contributed by atoms with Crippen molar-refractivity contribution in [2.75, 3.05) is 7.11 Å². The number of halogens is 1. The molecule has 4 rings (SSSR count). The minimum atomic E-state index is -0.678. The highest BCUT2D eigenvalue weighted by molar-refractivity contribution is 6.31. The van der Waals surface area contributed by atoms with Crippen LogP contribution >= 0.6 is 11.6 Å². The summed E-state index contributed by atoms with van der Waals surface area (Å²) in [6.07, 6.45) is 0. The van der Waals surface area contributed by atoms with Crippen molar-refractivity contribution in [3.05, 3.63) is 105 Å². The SMILES string of the molecule is COc1ccc(Cl)cc1C(=O)NNC(=O)c1nn(Cc2ccccc2)c(=O)c2ccccc12. The van der Waals surface area contributed by atoms with Crippen LogP contribution in [0.3, 0.4) is 0 Å². The average molecular weight is 463 g/mol. The molecule has 8 nitrogen and oxygen atoms in total. The van der Waals surface area contributed by atoms with Gasteiger partial charge in [0.15, 0.2) is 5.69 Å². The molecule has 0 unspecified atom stereocenters. The molecule has 0 saturated carbocycles. The van der Waals surface area contributed by atoms with E-state index in [-0.39, 0.29) is 23.4 Å². The third kappa shape index (κ3) is 4.70. The molecular formula is C24H19ClN4O4. The van der Waals surface area contributed by atoms with Gasteiger partial charge in [0.2, 0.25) is 0 Å². The number of fused-ring (bicyclic) bond motifs is 1. The van der Waals surface area contributed by atoms with Crippen molar-refractivity contribution in [2.24, 2.45) is 0 Å². The number of hydrogen-bond donors (Lipinski definition) is 2. The molecule has 0 atom stereocenters. The second-order valence-corrected chi connectivity index (χ2v) is 7.53. The zero-order valence-corrected chi connectivity index (χ0v) is 18.3. The topological polar surface area (TPSA) is 102 Å². The summed E-state index contributed by atoms with van der Waals surface area (Å²) in [5.41, 5.74) is 5.38. The Labute approximate surface area is 193 Å². The summed E-state index contributed by atoms with van der Waals surface area (Å²) in [5.74, 6) is -1.00. The number of amides is 2. The van der Waals surface area contributed by atoms with E-state index in [0.717, 1.165) is 5.56 Å². The van der Waals surface area contributed by atoms with E-state index in [0.29, 0.717) is 21.5 Å². The van der Waals surface area contributed by atoms with E-state index in [1.165, 1.54) is 17.9 Å². The monoisotopic (exact) mass is 462 g/mol. The summed E-state index contributed by atoms with van der Waals surface area (Å²) in [6.45, 7) is 0.191. The molecule has 0 saturated heterocycles. The van der Waals surface area contributed by atoms with Crippen LogP contribution in [0.2, 0.25) is 5.02 Å². The predicted octanol–water partition coefficient (Wildman–Crippen LogP) is 3.18. The Hall–Kier alpha value is -4.17. The average Bonchev–Trinajstić information content (AvgIpc) is 2.84. The maximum absolute atomic E-state index is 13.0. The second-order valence-electron chi connectivity index (χ2n) is 7.10. The number of methoxy groups -OCH3 is 1. The lowest BCUT2D eigenvalue weighted by Gasteiger charge is -2.13. The first-order valence-corrected chi connectivity index (χ1v) is 10.3. The summed E-state index contributed by atoms with van der Waals surface area (Å²) in [6, 6.07) is 20.6. The predicted molar refractivity (Wildman–Crippen MR) is 124 cm³/mol. The van der Waals surface area contributed by atoms with E-state index in [1.54, 1.807) is 36.4 Å². The van der Waals surface area contributed by atoms with Crippen LogP contribution in [0.25, 0.3) is 10.8 Å². The summed E-state index contributed by atoms with van der Waals surface area (Å²) in [5, 5.41) is 5.35. The third-order valence-electron chi connectivity index (χ3n) is 4.95. The quantitative estimate of drug-likeness (QED) is 0.443. The Morgan fingerprint density at radius 2 is 1.61 bits per heavy atom. The van der Waals surface area contributed by atoms with E-state index in [1.807, 2.05) is 30.3 Å². The number of nitrogens with zero attached hydrogens (tertiary/aromatic N) is 2. The van der Waals surface area contributed by atoms with Crippen LogP contribution in [0.5, 0.6) is 5.75 Å². The first-order chi connectivity index (χ1) is 16.0. The van der Waals surface area contributed by atoms with Crippen LogP contribution in [0.4, 0.5) is 0 Å². The first-order valence-electron chi connectivity index (χ1n) is 9.96. The van der Waals surface area contributed by atoms with Gasteiger partial charge in [0.1, 0.15) is 5.75 Å². The molecular weight excluding hydrogens is 444 g/mol. The molecule has 1 heterocycles. The van der Waals surface area contributed by atoms with Crippen molar-refractivity contribution in [3.63, 3.8) is 0 Å². The lowest BCUT2D eigenvalue weighted by molar-refractivity contribution is 0.0842. The molecule has 0 bridgehead atoms. The van der Waals surface area contributed by atoms with Crippen molar-refractivity contribution in [3.8, 4) is 5.75 Å². The molecule has 3 aromatic carbocycles. The van der Waals surface area contributed by atoms with E-state index in [2.05, 4.69) is 16.0 Å². The maximum atomic E-state index is 13.0. The number of hydrogen-bond acceptors (Lipinski definition) is 5. The van der Waals surface area contributed by atoms with Crippen LogP contribution in [-0.4, -0.2) is 28.7 Å². The fourth-order valence-corrected chi connectivity index (χ4v) is 3.54. The van der Waals surface area contributed by atoms with E-state index < -0.39 is 11.8 Å². The highest BCUT2D eigenvalue weighted by atomic mass is 35.5. The molecule has 2 N–H and O–H groups in total. The first kappa shape index (κ1) is 22.0. The molecule has 0 aliphatic heterocycles. The van der Waals surface area contributed by atoms with Gasteiger partial charge in [-0.25, -0.2) is 4.68 Å². The fourth-order valence-electron chi connectivity index (χ4n) is 3.36. The standard InChI is InChI=1S/C24H19ClN4O4/c1-33-20-12-11-16(25)13-19(20)22(30)26-27-23(31)21-17-9-5-6-10-18(17)24(32)29(28-21)14-15-7-3-2-4-8-15/h2-13H,14H2,1H3,(H,26,30)(H,27,31). The van der Waals surface area contributed by atoms with Gasteiger partial charge in [-0.1, -0.05) is 60.1 Å². The van der Waals surface area contributed by atoms with Gasteiger partial charge in [-0.15, -0.1) is 0 Å². The molecule has 9 heteroatoms. The number of carbonyl (C=O) groups excluding carboxylic acids is 2. The van der Waals surface area contributed by atoms with Gasteiger partial charge in [-0.2, -0.15) is 5.10 Å². The number of carbonyl (C=O) groups is 2. The second kappa shape index (κ2) is 9.54. The number of ether oxygens (including phenoxy) is 1. The highest BCUT2D eigenvalue weighted by Crippen LogP contribution is 2.22. The summed E-state index contributed by atoms with van der Waals surface area (Å²) in [4.78, 5) is 38.5. The Morgan fingerprint density at radius 1 is 0.939 bits per heavy atom. The van der Waals surface area contributed by atoms with E-state index in [9.17, 15) is 14.4 Å². The number of rotatable bonds is 5.